The first kappa shape index (κ1) is 14.0. The van der Waals surface area contributed by atoms with Crippen molar-refractivity contribution >= 4 is 28.0 Å². The maximum absolute atomic E-state index is 6.64. The van der Waals surface area contributed by atoms with E-state index in [1.54, 1.807) is 4.52 Å². The minimum atomic E-state index is 0.723. The van der Waals surface area contributed by atoms with Crippen LogP contribution in [0.15, 0.2) is 48.7 Å². The van der Waals surface area contributed by atoms with Gasteiger partial charge in [-0.3, -0.25) is 0 Å². The molecule has 0 saturated carbocycles. The van der Waals surface area contributed by atoms with E-state index in [4.69, 9.17) is 16.6 Å². The molecule has 4 heteroatoms. The summed E-state index contributed by atoms with van der Waals surface area (Å²) >= 11 is 6.64. The van der Waals surface area contributed by atoms with Crippen LogP contribution in [0.3, 0.4) is 0 Å². The van der Waals surface area contributed by atoms with Gasteiger partial charge in [0.1, 0.15) is 5.15 Å². The maximum Gasteiger partial charge on any atom is 0.164 e. The van der Waals surface area contributed by atoms with E-state index >= 15 is 0 Å². The summed E-state index contributed by atoms with van der Waals surface area (Å²) in [6, 6.07) is 14.8. The first-order valence-corrected chi connectivity index (χ1v) is 8.74. The Balaban J connectivity index is 1.83. The Morgan fingerprint density at radius 1 is 0.917 bits per heavy atom. The molecule has 0 spiro atoms. The van der Waals surface area contributed by atoms with Crippen LogP contribution in [0.5, 0.6) is 0 Å². The Bertz CT molecular complexity index is 1080. The van der Waals surface area contributed by atoms with E-state index in [1.165, 1.54) is 29.2 Å². The molecule has 0 aliphatic heterocycles. The number of nitrogens with zero attached hydrogens (tertiary/aromatic N) is 3. The lowest BCUT2D eigenvalue weighted by Crippen LogP contribution is -2.10. The first-order valence-electron chi connectivity index (χ1n) is 8.36. The van der Waals surface area contributed by atoms with E-state index in [0.29, 0.717) is 0 Å². The summed E-state index contributed by atoms with van der Waals surface area (Å²) in [5.74, 6) is 0. The summed E-state index contributed by atoms with van der Waals surface area (Å²) in [4.78, 5) is 4.94. The predicted octanol–water partition coefficient (Wildman–Crippen LogP) is 5.08. The number of benzene rings is 2. The van der Waals surface area contributed by atoms with Gasteiger partial charge in [-0.05, 0) is 42.0 Å². The summed E-state index contributed by atoms with van der Waals surface area (Å²) in [6.07, 6.45) is 6.26. The fourth-order valence-electron chi connectivity index (χ4n) is 3.73. The molecule has 2 aromatic carbocycles. The second kappa shape index (κ2) is 5.32. The molecule has 2 heterocycles. The molecule has 0 atom stereocenters. The number of halogens is 1. The fraction of sp³-hybridized carbons (Fsp3) is 0.200. The summed E-state index contributed by atoms with van der Waals surface area (Å²) in [7, 11) is 0. The number of fused-ring (bicyclic) bond motifs is 3. The lowest BCUT2D eigenvalue weighted by atomic mass is 9.97. The summed E-state index contributed by atoms with van der Waals surface area (Å²) in [5, 5.41) is 7.69. The van der Waals surface area contributed by atoms with E-state index in [0.717, 1.165) is 40.5 Å². The quantitative estimate of drug-likeness (QED) is 0.455. The van der Waals surface area contributed by atoms with E-state index in [9.17, 15) is 0 Å². The third-order valence-electron chi connectivity index (χ3n) is 4.94. The summed E-state index contributed by atoms with van der Waals surface area (Å²) in [5.41, 5.74) is 5.37. The van der Waals surface area contributed by atoms with Crippen LogP contribution >= 0.6 is 11.6 Å². The average Bonchev–Trinajstić information content (AvgIpc) is 3.05. The average molecular weight is 334 g/mol. The molecule has 0 bridgehead atoms. The normalized spacial score (nSPS) is 14.2. The van der Waals surface area contributed by atoms with Gasteiger partial charge >= 0.3 is 0 Å². The second-order valence-corrected chi connectivity index (χ2v) is 6.71. The van der Waals surface area contributed by atoms with E-state index in [-0.39, 0.29) is 0 Å². The largest absolute Gasteiger partial charge is 0.233 e. The van der Waals surface area contributed by atoms with Gasteiger partial charge < -0.3 is 0 Å². The third kappa shape index (κ3) is 1.98. The molecule has 1 aliphatic rings. The van der Waals surface area contributed by atoms with Crippen molar-refractivity contribution in [1.29, 1.82) is 0 Å². The predicted molar refractivity (Wildman–Crippen MR) is 97.6 cm³/mol. The van der Waals surface area contributed by atoms with E-state index in [2.05, 4.69) is 47.6 Å². The Hall–Kier alpha value is -2.39. The zero-order chi connectivity index (χ0) is 16.1. The Morgan fingerprint density at radius 3 is 2.71 bits per heavy atom. The highest BCUT2D eigenvalue weighted by Crippen LogP contribution is 2.34. The number of aryl methyl sites for hydroxylation is 1. The van der Waals surface area contributed by atoms with Crippen LogP contribution < -0.4 is 0 Å². The summed E-state index contributed by atoms with van der Waals surface area (Å²) < 4.78 is 1.79. The Labute approximate surface area is 144 Å². The lowest BCUT2D eigenvalue weighted by molar-refractivity contribution is 0.660. The van der Waals surface area contributed by atoms with Crippen molar-refractivity contribution in [2.24, 2.45) is 0 Å². The van der Waals surface area contributed by atoms with Crippen molar-refractivity contribution in [1.82, 2.24) is 14.6 Å². The Kier molecular flexibility index (Phi) is 3.10. The molecular weight excluding hydrogens is 318 g/mol. The number of hydrogen-bond acceptors (Lipinski definition) is 2. The molecule has 2 aromatic heterocycles. The van der Waals surface area contributed by atoms with Crippen molar-refractivity contribution in [2.45, 2.75) is 25.7 Å². The topological polar surface area (TPSA) is 30.2 Å². The summed E-state index contributed by atoms with van der Waals surface area (Å²) in [6.45, 7) is 0. The van der Waals surface area contributed by atoms with Gasteiger partial charge in [-0.15, -0.1) is 0 Å². The van der Waals surface area contributed by atoms with Gasteiger partial charge in [0.25, 0.3) is 0 Å². The number of hydrogen-bond donors (Lipinski definition) is 0. The minimum Gasteiger partial charge on any atom is -0.233 e. The van der Waals surface area contributed by atoms with Crippen molar-refractivity contribution in [2.75, 3.05) is 0 Å². The van der Waals surface area contributed by atoms with Crippen LogP contribution in [0.1, 0.15) is 24.1 Å². The zero-order valence-electron chi connectivity index (χ0n) is 13.2. The van der Waals surface area contributed by atoms with Crippen molar-refractivity contribution in [3.8, 4) is 11.1 Å². The molecule has 0 amide bonds. The molecule has 0 fully saturated rings. The van der Waals surface area contributed by atoms with Crippen molar-refractivity contribution in [3.05, 3.63) is 65.1 Å². The fourth-order valence-corrected chi connectivity index (χ4v) is 4.06. The molecule has 5 rings (SSSR count). The first-order chi connectivity index (χ1) is 11.8. The van der Waals surface area contributed by atoms with Crippen LogP contribution in [0.2, 0.25) is 5.15 Å². The molecule has 0 unspecified atom stereocenters. The molecule has 0 saturated heterocycles. The van der Waals surface area contributed by atoms with E-state index < -0.39 is 0 Å². The van der Waals surface area contributed by atoms with Crippen molar-refractivity contribution in [3.63, 3.8) is 0 Å². The molecule has 1 aliphatic carbocycles. The lowest BCUT2D eigenvalue weighted by Gasteiger charge is -2.16. The molecule has 3 nitrogen and oxygen atoms in total. The zero-order valence-corrected chi connectivity index (χ0v) is 13.9. The Morgan fingerprint density at radius 2 is 1.75 bits per heavy atom. The number of rotatable bonds is 1. The highest BCUT2D eigenvalue weighted by atomic mass is 35.5. The van der Waals surface area contributed by atoms with Gasteiger partial charge in [-0.25, -0.2) is 9.50 Å². The molecule has 4 aromatic rings. The highest BCUT2D eigenvalue weighted by molar-refractivity contribution is 6.30. The van der Waals surface area contributed by atoms with Crippen LogP contribution in [-0.4, -0.2) is 14.6 Å². The molecule has 118 valence electrons. The van der Waals surface area contributed by atoms with E-state index in [1.807, 2.05) is 6.20 Å². The SMILES string of the molecule is Clc1c2c(nc3c(-c4cccc5ccccc45)cnn13)CCCC2. The number of aromatic nitrogens is 3. The molecule has 0 N–H and O–H groups in total. The van der Waals surface area contributed by atoms with Gasteiger partial charge in [0, 0.05) is 16.8 Å². The van der Waals surface area contributed by atoms with Gasteiger partial charge in [0.15, 0.2) is 5.65 Å². The van der Waals surface area contributed by atoms with Crippen LogP contribution in [0.25, 0.3) is 27.5 Å². The maximum atomic E-state index is 6.64. The van der Waals surface area contributed by atoms with Gasteiger partial charge in [0.2, 0.25) is 0 Å². The van der Waals surface area contributed by atoms with Gasteiger partial charge in [-0.1, -0.05) is 54.1 Å². The minimum absolute atomic E-state index is 0.723. The molecule has 0 radical (unpaired) electrons. The molecular formula is C20H16ClN3. The second-order valence-electron chi connectivity index (χ2n) is 6.36. The van der Waals surface area contributed by atoms with Gasteiger partial charge in [-0.2, -0.15) is 5.10 Å². The molecule has 24 heavy (non-hydrogen) atoms. The van der Waals surface area contributed by atoms with Gasteiger partial charge in [0.05, 0.1) is 6.20 Å². The van der Waals surface area contributed by atoms with Crippen LogP contribution in [0.4, 0.5) is 0 Å². The van der Waals surface area contributed by atoms with Crippen LogP contribution in [-0.2, 0) is 12.8 Å². The van der Waals surface area contributed by atoms with Crippen molar-refractivity contribution < 1.29 is 0 Å². The standard InChI is InChI=1S/C20H16ClN3/c21-19-16-9-3-4-11-18(16)23-20-17(12-22-24(19)20)15-10-5-7-13-6-1-2-8-14(13)15/h1-2,5-8,10,12H,3-4,9,11H2. The smallest absolute Gasteiger partial charge is 0.164 e. The van der Waals surface area contributed by atoms with Crippen LogP contribution in [0, 0.1) is 0 Å². The highest BCUT2D eigenvalue weighted by Gasteiger charge is 2.20. The third-order valence-corrected chi connectivity index (χ3v) is 5.33. The monoisotopic (exact) mass is 333 g/mol.